The van der Waals surface area contributed by atoms with Gasteiger partial charge in [0.1, 0.15) is 0 Å². The Labute approximate surface area is 709 Å². The van der Waals surface area contributed by atoms with Crippen LogP contribution in [-0.4, -0.2) is 23.2 Å². The zero-order valence-corrected chi connectivity index (χ0v) is 76.4. The van der Waals surface area contributed by atoms with E-state index < -0.39 is 42.9 Å². The van der Waals surface area contributed by atoms with Gasteiger partial charge in [-0.15, -0.1) is 0 Å². The van der Waals surface area contributed by atoms with Crippen LogP contribution in [0.5, 0.6) is 0 Å². The summed E-state index contributed by atoms with van der Waals surface area (Å²) in [6.07, 6.45) is 0. The summed E-state index contributed by atoms with van der Waals surface area (Å²) < 4.78 is 87.6. The molecule has 0 saturated carbocycles. The molecule has 593 valence electrons. The maximum Gasteiger partial charge on any atom is 0.150 e. The Balaban J connectivity index is -0.000000153. The molecule has 1 N–H and O–H groups in total. The molecule has 21 nitrogen and oxygen atoms in total. The van der Waals surface area contributed by atoms with Crippen molar-refractivity contribution in [1.29, 1.82) is 10.5 Å². The number of rotatable bonds is 18. The molecule has 110 heavy (non-hydrogen) atoms. The Hall–Kier alpha value is -6.48. The van der Waals surface area contributed by atoms with Gasteiger partial charge in [-0.2, -0.15) is 10.5 Å². The maximum atomic E-state index is 14.6. The second-order valence-corrected chi connectivity index (χ2v) is 39.8. The molecule has 0 aliphatic rings. The molecule has 31 heteroatoms. The largest absolute Gasteiger partial charge is 2.00 e. The van der Waals surface area contributed by atoms with E-state index in [4.69, 9.17) is 10.5 Å². The summed E-state index contributed by atoms with van der Waals surface area (Å²) in [5.41, 5.74) is 0. The van der Waals surface area contributed by atoms with Gasteiger partial charge < -0.3 is 98.6 Å². The molecular formula is C79H73N2O19P6Re3U-25. The van der Waals surface area contributed by atoms with Crippen molar-refractivity contribution in [3.8, 4) is 12.1 Å². The van der Waals surface area contributed by atoms with Gasteiger partial charge in [0.2, 0.25) is 0 Å². The van der Waals surface area contributed by atoms with Gasteiger partial charge in [-0.1, -0.05) is 364 Å². The topological polar surface area (TPSA) is 522 Å². The molecule has 0 aliphatic carbocycles. The quantitative estimate of drug-likeness (QED) is 0.0736. The summed E-state index contributed by atoms with van der Waals surface area (Å²) in [5.74, 6) is 0.256. The average Bonchev–Trinajstić information content (AvgIpc) is 0.769. The van der Waals surface area contributed by atoms with Crippen LogP contribution in [-0.2, 0) is 154 Å². The molecule has 0 heterocycles. The monoisotopic (exact) mass is 2340 g/mol. The summed E-state index contributed by atoms with van der Waals surface area (Å²) in [4.78, 5) is 0. The first-order valence-corrected chi connectivity index (χ1v) is 41.4. The first-order valence-electron chi connectivity index (χ1n) is 30.1. The van der Waals surface area contributed by atoms with E-state index in [1.807, 2.05) is 364 Å². The van der Waals surface area contributed by atoms with E-state index in [2.05, 4.69) is 0 Å². The van der Waals surface area contributed by atoms with Crippen LogP contribution in [0.1, 0.15) is 13.8 Å². The van der Waals surface area contributed by atoms with Gasteiger partial charge in [0, 0.05) is 170 Å². The van der Waals surface area contributed by atoms with Crippen LogP contribution in [0.2, 0.25) is 0 Å². The molecule has 12 rings (SSSR count). The third-order valence-corrected chi connectivity index (χ3v) is 38.4. The smallest absolute Gasteiger partial charge is 0.150 e. The molecular weight excluding hydrogens is 2260 g/mol. The number of hydrogen-bond donors (Lipinski definition) is 0. The molecule has 0 amide bonds. The number of benzene rings is 12. The van der Waals surface area contributed by atoms with E-state index in [-0.39, 0.29) is 181 Å². The second-order valence-electron chi connectivity index (χ2n) is 21.3. The van der Waals surface area contributed by atoms with Gasteiger partial charge in [0.25, 0.3) is 0 Å². The molecule has 0 bridgehead atoms. The molecule has 12 aromatic carbocycles. The van der Waals surface area contributed by atoms with Gasteiger partial charge in [0.05, 0.1) is 29.8 Å². The number of nitriles is 2. The molecule has 0 fully saturated rings. The Bertz CT molecular complexity index is 3670. The Morgan fingerprint density at radius 2 is 0.245 bits per heavy atom. The van der Waals surface area contributed by atoms with Crippen LogP contribution in [0.15, 0.2) is 364 Å². The molecule has 0 aliphatic heterocycles. The Kier molecular flexibility index (Phi) is 70.1. The van der Waals surface area contributed by atoms with E-state index in [1.165, 1.54) is 13.8 Å². The van der Waals surface area contributed by atoms with E-state index in [1.54, 1.807) is 12.1 Å². The summed E-state index contributed by atoms with van der Waals surface area (Å²) in [6.45, 7) is 2.86. The number of nitrogens with zero attached hydrogens (tertiary/aromatic N) is 2. The zero-order chi connectivity index (χ0) is 65.9. The predicted molar refractivity (Wildman–Crippen MR) is 406 cm³/mol. The Morgan fingerprint density at radius 3 is 0.300 bits per heavy atom. The standard InChI is InChI=1S/3C25H22O2P2.2C2H3N.H2O.12O.3Re.U/c3*26-28(22-13-5-1-6-14-22,23-15-7-2-8-16-23)21-29(27,24-17-9-3-10-18-24)25-19-11-4-12-20-25;2*1-2-3;;;;;;;;;;;;;;;;;/h3*1-20H,21H2;2*1H3;1H2;;;;;;;;;;;;;;;;/q;;;;;;12*-2;;;;/p-1. The van der Waals surface area contributed by atoms with Crippen LogP contribution in [0.4, 0.5) is 0 Å². The van der Waals surface area contributed by atoms with Gasteiger partial charge in [0.15, 0.2) is 42.9 Å². The van der Waals surface area contributed by atoms with Crippen molar-refractivity contribution in [3.05, 3.63) is 364 Å². The summed E-state index contributed by atoms with van der Waals surface area (Å²) in [7, 11) is -18.8. The predicted octanol–water partition coefficient (Wildman–Crippen LogP) is 14.4. The third-order valence-electron chi connectivity index (χ3n) is 15.3. The first kappa shape index (κ1) is 124. The summed E-state index contributed by atoms with van der Waals surface area (Å²) >= 11 is 0. The minimum Gasteiger partial charge on any atom is -2.00 e. The first-order chi connectivity index (χ1) is 45.2. The fourth-order valence-corrected chi connectivity index (χ4v) is 34.9. The molecule has 0 aromatic heterocycles. The molecule has 0 spiro atoms. The van der Waals surface area contributed by atoms with Crippen LogP contribution in [0, 0.1) is 53.8 Å². The minimum absolute atomic E-state index is 0. The summed E-state index contributed by atoms with van der Waals surface area (Å²) in [6, 6.07) is 117. The maximum absolute atomic E-state index is 14.6. The van der Waals surface area contributed by atoms with Crippen molar-refractivity contribution < 1.29 is 191 Å². The average molecular weight is 2340 g/mol. The van der Waals surface area contributed by atoms with Crippen molar-refractivity contribution in [2.24, 2.45) is 0 Å². The van der Waals surface area contributed by atoms with Crippen molar-refractivity contribution in [2.75, 3.05) is 17.7 Å². The van der Waals surface area contributed by atoms with Gasteiger partial charge in [-0.25, -0.2) is 0 Å². The van der Waals surface area contributed by atoms with Crippen molar-refractivity contribution >= 4 is 107 Å². The summed E-state index contributed by atoms with van der Waals surface area (Å²) in [5, 5.41) is 23.5. The molecule has 0 unspecified atom stereocenters. The Morgan fingerprint density at radius 1 is 0.191 bits per heavy atom. The van der Waals surface area contributed by atoms with E-state index in [0.29, 0.717) is 0 Å². The van der Waals surface area contributed by atoms with E-state index in [0.717, 1.165) is 63.7 Å². The third kappa shape index (κ3) is 31.8. The fourth-order valence-electron chi connectivity index (χ4n) is 10.7. The van der Waals surface area contributed by atoms with Crippen molar-refractivity contribution in [3.63, 3.8) is 0 Å². The van der Waals surface area contributed by atoms with Crippen LogP contribution in [0.25, 0.3) is 0 Å². The molecule has 0 atom stereocenters. The van der Waals surface area contributed by atoms with Crippen molar-refractivity contribution in [2.45, 2.75) is 13.8 Å². The van der Waals surface area contributed by atoms with E-state index in [9.17, 15) is 27.4 Å². The van der Waals surface area contributed by atoms with Crippen LogP contribution >= 0.6 is 42.9 Å². The van der Waals surface area contributed by atoms with Gasteiger partial charge in [-0.05, 0) is 0 Å². The number of hydrogen-bond acceptors (Lipinski definition) is 9. The van der Waals surface area contributed by atoms with Crippen LogP contribution < -0.4 is 63.7 Å². The molecule has 12 aromatic rings. The molecule has 0 saturated heterocycles. The normalized spacial score (nSPS) is 9.53. The van der Waals surface area contributed by atoms with Gasteiger partial charge >= 0.3 is 0 Å². The van der Waals surface area contributed by atoms with Crippen molar-refractivity contribution in [1.82, 2.24) is 0 Å². The van der Waals surface area contributed by atoms with E-state index >= 15 is 0 Å². The minimum atomic E-state index is -3.14. The van der Waals surface area contributed by atoms with Crippen LogP contribution in [0.3, 0.4) is 0 Å². The van der Waals surface area contributed by atoms with Gasteiger partial charge in [-0.3, -0.25) is 0 Å². The molecule has 3 radical (unpaired) electrons. The fraction of sp³-hybridized carbons (Fsp3) is 0.0633. The zero-order valence-electron chi connectivity index (χ0n) is 58.8. The second kappa shape index (κ2) is 62.0. The SMILES string of the molecule is CC#N.CC#N.O=P(CP(=O)(c1ccccc1)c1ccccc1)(c1ccccc1)c1ccccc1.O=P(CP(=O)(c1ccccc1)c1ccccc1)(c1ccccc1)c1ccccc1.O=P(CP(=O)(c1ccccc1)c1ccccc1)(c1ccccc1)c1ccccc1.[O-2].[O-2].[O-2].[O-2].[O-2].[O-2].[O-2].[O-2].[O-2].[O-2].[O-2].[O-2].[OH-].[Re].[Re].[Re].[U].